The summed E-state index contributed by atoms with van der Waals surface area (Å²) in [4.78, 5) is 16.6. The molecule has 0 aromatic carbocycles. The molecule has 1 aromatic heterocycles. The van der Waals surface area contributed by atoms with E-state index in [-0.39, 0.29) is 12.0 Å². The number of likely N-dealkylation sites (tertiary alicyclic amines) is 1. The highest BCUT2D eigenvalue weighted by Crippen LogP contribution is 2.22. The number of piperidine rings is 1. The Labute approximate surface area is 130 Å². The predicted molar refractivity (Wildman–Crippen MR) is 79.1 cm³/mol. The lowest BCUT2D eigenvalue weighted by Crippen LogP contribution is -2.48. The number of carbonyl (C=O) groups is 1. The smallest absolute Gasteiger partial charge is 0.246 e. The van der Waals surface area contributed by atoms with Gasteiger partial charge in [0, 0.05) is 13.5 Å². The summed E-state index contributed by atoms with van der Waals surface area (Å²) in [5, 5.41) is 7.82. The van der Waals surface area contributed by atoms with Gasteiger partial charge in [0.1, 0.15) is 0 Å². The third kappa shape index (κ3) is 3.64. The summed E-state index contributed by atoms with van der Waals surface area (Å²) in [6.07, 6.45) is 2.06. The molecular formula is C15H24N4O3. The van der Waals surface area contributed by atoms with Crippen LogP contribution in [0.25, 0.3) is 0 Å². The molecule has 7 heteroatoms. The summed E-state index contributed by atoms with van der Waals surface area (Å²) >= 11 is 0. The Morgan fingerprint density at radius 1 is 1.27 bits per heavy atom. The molecule has 0 saturated carbocycles. The molecular weight excluding hydrogens is 284 g/mol. The molecule has 1 atom stereocenters. The fourth-order valence-electron chi connectivity index (χ4n) is 2.98. The van der Waals surface area contributed by atoms with Gasteiger partial charge in [0.15, 0.2) is 6.10 Å². The van der Waals surface area contributed by atoms with E-state index in [4.69, 9.17) is 9.15 Å². The van der Waals surface area contributed by atoms with Gasteiger partial charge >= 0.3 is 0 Å². The van der Waals surface area contributed by atoms with Crippen molar-refractivity contribution in [3.63, 3.8) is 0 Å². The molecule has 0 radical (unpaired) electrons. The first-order valence-electron chi connectivity index (χ1n) is 8.03. The summed E-state index contributed by atoms with van der Waals surface area (Å²) in [5.41, 5.74) is 0. The number of carbonyl (C=O) groups excluding carboxylic acids is 1. The number of nitrogens with zero attached hydrogens (tertiary/aromatic N) is 4. The van der Waals surface area contributed by atoms with Crippen molar-refractivity contribution in [3.8, 4) is 0 Å². The standard InChI is InChI=1S/C15H24N4O3/c1-11-3-5-18(6-4-11)10-14(20)19-7-8-21-13(9-19)15-17-16-12(2)22-15/h11,13H,3-10H2,1-2H3/t13-/m1/s1. The van der Waals surface area contributed by atoms with Gasteiger partial charge < -0.3 is 14.1 Å². The van der Waals surface area contributed by atoms with Crippen LogP contribution in [0.1, 0.15) is 37.7 Å². The van der Waals surface area contributed by atoms with Crippen LogP contribution in [0.5, 0.6) is 0 Å². The third-order valence-electron chi connectivity index (χ3n) is 4.47. The van der Waals surface area contributed by atoms with Crippen LogP contribution in [0.2, 0.25) is 0 Å². The van der Waals surface area contributed by atoms with Crippen molar-refractivity contribution in [2.45, 2.75) is 32.8 Å². The lowest BCUT2D eigenvalue weighted by molar-refractivity contribution is -0.141. The van der Waals surface area contributed by atoms with Crippen LogP contribution in [0.15, 0.2) is 4.42 Å². The monoisotopic (exact) mass is 308 g/mol. The molecule has 2 aliphatic rings. The molecule has 0 spiro atoms. The Kier molecular flexibility index (Phi) is 4.73. The highest BCUT2D eigenvalue weighted by atomic mass is 16.5. The number of hydrogen-bond acceptors (Lipinski definition) is 6. The topological polar surface area (TPSA) is 71.7 Å². The minimum Gasteiger partial charge on any atom is -0.423 e. The van der Waals surface area contributed by atoms with Crippen molar-refractivity contribution in [3.05, 3.63) is 11.8 Å². The minimum absolute atomic E-state index is 0.166. The fourth-order valence-corrected chi connectivity index (χ4v) is 2.98. The van der Waals surface area contributed by atoms with E-state index in [1.807, 2.05) is 4.90 Å². The van der Waals surface area contributed by atoms with E-state index in [0.29, 0.717) is 38.0 Å². The number of amides is 1. The molecule has 122 valence electrons. The second-order valence-corrected chi connectivity index (χ2v) is 6.32. The van der Waals surface area contributed by atoms with Crippen molar-refractivity contribution >= 4 is 5.91 Å². The van der Waals surface area contributed by atoms with Gasteiger partial charge in [-0.1, -0.05) is 6.92 Å². The van der Waals surface area contributed by atoms with Crippen LogP contribution in [-0.2, 0) is 9.53 Å². The van der Waals surface area contributed by atoms with Gasteiger partial charge in [-0.2, -0.15) is 0 Å². The minimum atomic E-state index is -0.305. The molecule has 3 rings (SSSR count). The zero-order valence-electron chi connectivity index (χ0n) is 13.3. The molecule has 0 bridgehead atoms. The molecule has 3 heterocycles. The second kappa shape index (κ2) is 6.75. The molecule has 7 nitrogen and oxygen atoms in total. The molecule has 2 aliphatic heterocycles. The third-order valence-corrected chi connectivity index (χ3v) is 4.47. The first-order valence-corrected chi connectivity index (χ1v) is 8.03. The van der Waals surface area contributed by atoms with Crippen molar-refractivity contribution < 1.29 is 13.9 Å². The van der Waals surface area contributed by atoms with Crippen LogP contribution < -0.4 is 0 Å². The predicted octanol–water partition coefficient (Wildman–Crippen LogP) is 1.01. The van der Waals surface area contributed by atoms with Gasteiger partial charge in [0.05, 0.1) is 19.7 Å². The van der Waals surface area contributed by atoms with Crippen LogP contribution in [0, 0.1) is 12.8 Å². The SMILES string of the molecule is Cc1nnc([C@H]2CN(C(=O)CN3CCC(C)CC3)CCO2)o1. The maximum absolute atomic E-state index is 12.5. The average Bonchev–Trinajstić information content (AvgIpc) is 2.96. The Balaban J connectivity index is 1.54. The van der Waals surface area contributed by atoms with Gasteiger partial charge in [-0.3, -0.25) is 9.69 Å². The number of rotatable bonds is 3. The van der Waals surface area contributed by atoms with E-state index in [1.165, 1.54) is 12.8 Å². The maximum Gasteiger partial charge on any atom is 0.246 e. The zero-order chi connectivity index (χ0) is 15.5. The zero-order valence-corrected chi connectivity index (χ0v) is 13.3. The number of aryl methyl sites for hydroxylation is 1. The van der Waals surface area contributed by atoms with Gasteiger partial charge in [0.25, 0.3) is 0 Å². The molecule has 1 amide bonds. The number of morpholine rings is 1. The highest BCUT2D eigenvalue weighted by molar-refractivity contribution is 5.78. The molecule has 0 aliphatic carbocycles. The molecule has 2 fully saturated rings. The summed E-state index contributed by atoms with van der Waals surface area (Å²) in [5.74, 6) is 1.92. The number of aromatic nitrogens is 2. The Morgan fingerprint density at radius 3 is 2.73 bits per heavy atom. The summed E-state index contributed by atoms with van der Waals surface area (Å²) in [6.45, 7) is 8.19. The second-order valence-electron chi connectivity index (χ2n) is 6.32. The normalized spacial score (nSPS) is 24.6. The van der Waals surface area contributed by atoms with E-state index in [9.17, 15) is 4.79 Å². The molecule has 0 unspecified atom stereocenters. The van der Waals surface area contributed by atoms with Crippen LogP contribution in [0.3, 0.4) is 0 Å². The van der Waals surface area contributed by atoms with Gasteiger partial charge in [-0.05, 0) is 31.8 Å². The van der Waals surface area contributed by atoms with Gasteiger partial charge in [-0.15, -0.1) is 10.2 Å². The van der Waals surface area contributed by atoms with E-state index >= 15 is 0 Å². The summed E-state index contributed by atoms with van der Waals surface area (Å²) in [7, 11) is 0. The Hall–Kier alpha value is -1.47. The quantitative estimate of drug-likeness (QED) is 0.830. The van der Waals surface area contributed by atoms with Crippen molar-refractivity contribution in [1.29, 1.82) is 0 Å². The van der Waals surface area contributed by atoms with E-state index < -0.39 is 0 Å². The Bertz CT molecular complexity index is 511. The molecule has 1 aromatic rings. The maximum atomic E-state index is 12.5. The van der Waals surface area contributed by atoms with Crippen molar-refractivity contribution in [2.24, 2.45) is 5.92 Å². The van der Waals surface area contributed by atoms with E-state index in [0.717, 1.165) is 19.0 Å². The fraction of sp³-hybridized carbons (Fsp3) is 0.800. The summed E-state index contributed by atoms with van der Waals surface area (Å²) < 4.78 is 11.1. The van der Waals surface area contributed by atoms with E-state index in [2.05, 4.69) is 22.0 Å². The highest BCUT2D eigenvalue weighted by Gasteiger charge is 2.30. The van der Waals surface area contributed by atoms with Crippen molar-refractivity contribution in [1.82, 2.24) is 20.0 Å². The molecule has 22 heavy (non-hydrogen) atoms. The number of hydrogen-bond donors (Lipinski definition) is 0. The first-order chi connectivity index (χ1) is 10.6. The van der Waals surface area contributed by atoms with Gasteiger partial charge in [0.2, 0.25) is 17.7 Å². The van der Waals surface area contributed by atoms with Crippen LogP contribution >= 0.6 is 0 Å². The van der Waals surface area contributed by atoms with Gasteiger partial charge in [-0.25, -0.2) is 0 Å². The average molecular weight is 308 g/mol. The largest absolute Gasteiger partial charge is 0.423 e. The Morgan fingerprint density at radius 2 is 2.05 bits per heavy atom. The lowest BCUT2D eigenvalue weighted by atomic mass is 9.99. The number of ether oxygens (including phenoxy) is 1. The van der Waals surface area contributed by atoms with E-state index in [1.54, 1.807) is 6.92 Å². The lowest BCUT2D eigenvalue weighted by Gasteiger charge is -2.35. The summed E-state index contributed by atoms with van der Waals surface area (Å²) in [6, 6.07) is 0. The van der Waals surface area contributed by atoms with Crippen molar-refractivity contribution in [2.75, 3.05) is 39.3 Å². The molecule has 0 N–H and O–H groups in total. The first kappa shape index (κ1) is 15.4. The molecule has 2 saturated heterocycles. The van der Waals surface area contributed by atoms with Crippen LogP contribution in [-0.4, -0.2) is 65.2 Å². The van der Waals surface area contributed by atoms with Crippen LogP contribution in [0.4, 0.5) is 0 Å².